The van der Waals surface area contributed by atoms with Crippen LogP contribution in [0.3, 0.4) is 0 Å². The highest BCUT2D eigenvalue weighted by molar-refractivity contribution is 6.05. The quantitative estimate of drug-likeness (QED) is 0.650. The Morgan fingerprint density at radius 2 is 1.79 bits per heavy atom. The van der Waals surface area contributed by atoms with E-state index in [0.29, 0.717) is 16.7 Å². The molecular weight excluding hydrogens is 451 g/mol. The maximum Gasteiger partial charge on any atom is 0.349 e. The fraction of sp³-hybridized carbons (Fsp3) is 0.333. The molecule has 34 heavy (non-hydrogen) atoms. The first-order valence-corrected chi connectivity index (χ1v) is 10.9. The smallest absolute Gasteiger partial charge is 0.346 e. The van der Waals surface area contributed by atoms with Gasteiger partial charge in [-0.2, -0.15) is 8.78 Å². The van der Waals surface area contributed by atoms with Crippen molar-refractivity contribution in [3.05, 3.63) is 70.5 Å². The minimum atomic E-state index is -3.84. The third-order valence-corrected chi connectivity index (χ3v) is 5.53. The van der Waals surface area contributed by atoms with Gasteiger partial charge in [-0.15, -0.1) is 0 Å². The highest BCUT2D eigenvalue weighted by Crippen LogP contribution is 2.30. The largest absolute Gasteiger partial charge is 0.349 e. The first kappa shape index (κ1) is 24.9. The molecule has 2 aromatic rings. The van der Waals surface area contributed by atoms with Crippen LogP contribution in [0.25, 0.3) is 0 Å². The summed E-state index contributed by atoms with van der Waals surface area (Å²) in [6.07, 6.45) is 0.363. The van der Waals surface area contributed by atoms with Crippen LogP contribution in [0, 0.1) is 5.82 Å². The number of hydrogen-bond donors (Lipinski definition) is 2. The highest BCUT2D eigenvalue weighted by Gasteiger charge is 2.41. The summed E-state index contributed by atoms with van der Waals surface area (Å²) >= 11 is 0. The van der Waals surface area contributed by atoms with E-state index in [4.69, 9.17) is 0 Å². The van der Waals surface area contributed by atoms with Crippen molar-refractivity contribution in [2.45, 2.75) is 51.7 Å². The summed E-state index contributed by atoms with van der Waals surface area (Å²) < 4.78 is 41.6. The zero-order chi connectivity index (χ0) is 25.0. The summed E-state index contributed by atoms with van der Waals surface area (Å²) in [5.41, 5.74) is 0.832. The van der Waals surface area contributed by atoms with Crippen molar-refractivity contribution >= 4 is 23.6 Å². The molecule has 2 heterocycles. The molecule has 1 unspecified atom stereocenters. The van der Waals surface area contributed by atoms with Crippen LogP contribution in [0.4, 0.5) is 13.2 Å². The Hall–Kier alpha value is -3.69. The highest BCUT2D eigenvalue weighted by atomic mass is 19.3. The number of alkyl halides is 2. The number of hydrogen-bond acceptors (Lipinski definition) is 4. The standard InChI is InChI=1S/C22H18F3N3O4.C2H6/c23-15-4-2-14(3-5-15)22(24,25)21(32)26-10-12-1-6-16-13(9-12)11-28(20(16)31)17-7-8-18(29)27-19(17)30;1-2/h1-6,9,17H,7-8,10-11H2,(H,26,32)(H,27,29,30);1-2H3. The third-order valence-electron chi connectivity index (χ3n) is 5.53. The first-order chi connectivity index (χ1) is 16.2. The lowest BCUT2D eigenvalue weighted by Crippen LogP contribution is -2.52. The summed E-state index contributed by atoms with van der Waals surface area (Å²) in [4.78, 5) is 49.5. The molecular formula is C24H24F3N3O4. The third kappa shape index (κ3) is 4.95. The number of nitrogens with one attached hydrogen (secondary N) is 2. The van der Waals surface area contributed by atoms with E-state index in [-0.39, 0.29) is 37.7 Å². The monoisotopic (exact) mass is 475 g/mol. The van der Waals surface area contributed by atoms with Gasteiger partial charge in [-0.25, -0.2) is 4.39 Å². The maximum atomic E-state index is 14.3. The van der Waals surface area contributed by atoms with E-state index in [9.17, 15) is 32.3 Å². The SMILES string of the molecule is CC.O=C1CCC(N2Cc3cc(CNC(=O)C(F)(F)c4ccc(F)cc4)ccc3C2=O)C(=O)N1. The van der Waals surface area contributed by atoms with E-state index in [1.54, 1.807) is 6.07 Å². The molecule has 2 aromatic carbocycles. The zero-order valence-corrected chi connectivity index (χ0v) is 18.7. The Morgan fingerprint density at radius 1 is 1.12 bits per heavy atom. The number of carbonyl (C=O) groups is 4. The number of benzene rings is 2. The van der Waals surface area contributed by atoms with E-state index in [2.05, 4.69) is 10.6 Å². The molecule has 0 aliphatic carbocycles. The fourth-order valence-electron chi connectivity index (χ4n) is 3.82. The Bertz CT molecular complexity index is 1120. The van der Waals surface area contributed by atoms with Crippen molar-refractivity contribution in [3.8, 4) is 0 Å². The predicted octanol–water partition coefficient (Wildman–Crippen LogP) is 3.02. The molecule has 4 rings (SSSR count). The second-order valence-electron chi connectivity index (χ2n) is 7.66. The molecule has 7 nitrogen and oxygen atoms in total. The molecule has 4 amide bonds. The summed E-state index contributed by atoms with van der Waals surface area (Å²) in [6, 6.07) is 7.29. The molecule has 2 N–H and O–H groups in total. The van der Waals surface area contributed by atoms with Crippen molar-refractivity contribution in [1.82, 2.24) is 15.5 Å². The molecule has 2 aliphatic rings. The van der Waals surface area contributed by atoms with E-state index in [1.165, 1.54) is 17.0 Å². The second kappa shape index (κ2) is 10.1. The molecule has 0 radical (unpaired) electrons. The van der Waals surface area contributed by atoms with Gasteiger partial charge in [0.05, 0.1) is 0 Å². The van der Waals surface area contributed by atoms with Gasteiger partial charge in [0, 0.05) is 30.6 Å². The van der Waals surface area contributed by atoms with Crippen LogP contribution in [0.15, 0.2) is 42.5 Å². The maximum absolute atomic E-state index is 14.3. The van der Waals surface area contributed by atoms with Gasteiger partial charge in [0.25, 0.3) is 11.8 Å². The Labute approximate surface area is 194 Å². The van der Waals surface area contributed by atoms with Crippen LogP contribution < -0.4 is 10.6 Å². The van der Waals surface area contributed by atoms with Crippen molar-refractivity contribution in [3.63, 3.8) is 0 Å². The van der Waals surface area contributed by atoms with Gasteiger partial charge in [0.2, 0.25) is 11.8 Å². The van der Waals surface area contributed by atoms with Gasteiger partial charge >= 0.3 is 5.92 Å². The molecule has 1 atom stereocenters. The normalized spacial score (nSPS) is 17.5. The molecule has 180 valence electrons. The lowest BCUT2D eigenvalue weighted by Gasteiger charge is -2.29. The molecule has 10 heteroatoms. The number of nitrogens with zero attached hydrogens (tertiary/aromatic N) is 1. The summed E-state index contributed by atoms with van der Waals surface area (Å²) in [5.74, 6) is -7.34. The van der Waals surface area contributed by atoms with E-state index in [0.717, 1.165) is 24.3 Å². The number of halogens is 3. The van der Waals surface area contributed by atoms with Crippen molar-refractivity contribution in [1.29, 1.82) is 0 Å². The average Bonchev–Trinajstić information content (AvgIpc) is 3.14. The Balaban J connectivity index is 0.00000158. The van der Waals surface area contributed by atoms with Crippen LogP contribution >= 0.6 is 0 Å². The van der Waals surface area contributed by atoms with Gasteiger partial charge in [-0.3, -0.25) is 24.5 Å². The van der Waals surface area contributed by atoms with Crippen LogP contribution in [0.1, 0.15) is 53.7 Å². The fourth-order valence-corrected chi connectivity index (χ4v) is 3.82. The topological polar surface area (TPSA) is 95.6 Å². The Morgan fingerprint density at radius 3 is 2.44 bits per heavy atom. The summed E-state index contributed by atoms with van der Waals surface area (Å²) in [6.45, 7) is 3.92. The van der Waals surface area contributed by atoms with Crippen molar-refractivity contribution in [2.75, 3.05) is 0 Å². The predicted molar refractivity (Wildman–Crippen MR) is 116 cm³/mol. The number of rotatable bonds is 5. The van der Waals surface area contributed by atoms with Gasteiger partial charge < -0.3 is 10.2 Å². The number of piperidine rings is 1. The van der Waals surface area contributed by atoms with Gasteiger partial charge in [-0.1, -0.05) is 26.0 Å². The molecule has 0 aromatic heterocycles. The lowest BCUT2D eigenvalue weighted by molar-refractivity contribution is -0.147. The van der Waals surface area contributed by atoms with Crippen LogP contribution in [-0.4, -0.2) is 34.6 Å². The lowest BCUT2D eigenvalue weighted by atomic mass is 10.0. The molecule has 1 saturated heterocycles. The number of carbonyl (C=O) groups excluding carboxylic acids is 4. The second-order valence-corrected chi connectivity index (χ2v) is 7.66. The first-order valence-electron chi connectivity index (χ1n) is 10.9. The average molecular weight is 475 g/mol. The minimum absolute atomic E-state index is 0.133. The van der Waals surface area contributed by atoms with Crippen molar-refractivity contribution < 1.29 is 32.3 Å². The molecule has 0 spiro atoms. The van der Waals surface area contributed by atoms with E-state index < -0.39 is 35.2 Å². The summed E-state index contributed by atoms with van der Waals surface area (Å²) in [5, 5.41) is 4.38. The molecule has 0 bridgehead atoms. The van der Waals surface area contributed by atoms with Gasteiger partial charge in [-0.05, 0) is 47.9 Å². The van der Waals surface area contributed by atoms with Gasteiger partial charge in [0.15, 0.2) is 0 Å². The van der Waals surface area contributed by atoms with Crippen LogP contribution in [0.2, 0.25) is 0 Å². The van der Waals surface area contributed by atoms with Crippen LogP contribution in [-0.2, 0) is 33.4 Å². The summed E-state index contributed by atoms with van der Waals surface area (Å²) in [7, 11) is 0. The Kier molecular flexibility index (Phi) is 7.38. The molecule has 1 fully saturated rings. The zero-order valence-electron chi connectivity index (χ0n) is 18.7. The van der Waals surface area contributed by atoms with Crippen LogP contribution in [0.5, 0.6) is 0 Å². The van der Waals surface area contributed by atoms with Gasteiger partial charge in [0.1, 0.15) is 11.9 Å². The molecule has 0 saturated carbocycles. The number of imide groups is 1. The minimum Gasteiger partial charge on any atom is -0.346 e. The van der Waals surface area contributed by atoms with E-state index >= 15 is 0 Å². The van der Waals surface area contributed by atoms with E-state index in [1.807, 2.05) is 13.8 Å². The van der Waals surface area contributed by atoms with Crippen molar-refractivity contribution in [2.24, 2.45) is 0 Å². The molecule has 2 aliphatic heterocycles. The number of fused-ring (bicyclic) bond motifs is 1. The number of amides is 4.